The largest absolute Gasteiger partial charge is 0.310 e. The molecule has 0 spiro atoms. The summed E-state index contributed by atoms with van der Waals surface area (Å²) >= 11 is 0. The molecule has 1 aromatic heterocycles. The van der Waals surface area contributed by atoms with Crippen LogP contribution in [0.25, 0.3) is 5.69 Å². The highest BCUT2D eigenvalue weighted by Crippen LogP contribution is 2.13. The fraction of sp³-hybridized carbons (Fsp3) is 0.429. The van der Waals surface area contributed by atoms with Crippen LogP contribution in [0.1, 0.15) is 32.3 Å². The van der Waals surface area contributed by atoms with E-state index in [4.69, 9.17) is 0 Å². The third kappa shape index (κ3) is 3.17. The van der Waals surface area contributed by atoms with Crippen molar-refractivity contribution < 1.29 is 0 Å². The van der Waals surface area contributed by atoms with Gasteiger partial charge in [-0.15, -0.1) is 0 Å². The summed E-state index contributed by atoms with van der Waals surface area (Å²) in [6, 6.07) is 8.82. The van der Waals surface area contributed by atoms with E-state index in [1.165, 1.54) is 18.4 Å². The van der Waals surface area contributed by atoms with Crippen LogP contribution >= 0.6 is 0 Å². The van der Waals surface area contributed by atoms with Crippen LogP contribution in [0.5, 0.6) is 0 Å². The average molecular weight is 244 g/mol. The zero-order valence-electron chi connectivity index (χ0n) is 11.0. The van der Waals surface area contributed by atoms with Gasteiger partial charge in [-0.25, -0.2) is 9.67 Å². The lowest BCUT2D eigenvalue weighted by Crippen LogP contribution is -2.25. The lowest BCUT2D eigenvalue weighted by Gasteiger charge is -2.14. The smallest absolute Gasteiger partial charge is 0.138 e. The van der Waals surface area contributed by atoms with Crippen molar-refractivity contribution in [3.8, 4) is 5.69 Å². The number of hydrogen-bond donors (Lipinski definition) is 1. The average Bonchev–Trinajstić information content (AvgIpc) is 2.91. The number of para-hydroxylation sites is 1. The number of rotatable bonds is 6. The van der Waals surface area contributed by atoms with Crippen LogP contribution in [0.4, 0.5) is 0 Å². The molecule has 4 heteroatoms. The normalized spacial score (nSPS) is 12.6. The Balaban J connectivity index is 2.09. The number of nitrogens with zero attached hydrogens (tertiary/aromatic N) is 3. The molecule has 0 saturated heterocycles. The number of benzene rings is 1. The predicted octanol–water partition coefficient (Wildman–Crippen LogP) is 2.55. The summed E-state index contributed by atoms with van der Waals surface area (Å²) in [5.74, 6) is 0. The molecule has 0 fully saturated rings. The topological polar surface area (TPSA) is 42.7 Å². The van der Waals surface area contributed by atoms with Crippen molar-refractivity contribution in [3.05, 3.63) is 42.5 Å². The minimum Gasteiger partial charge on any atom is -0.310 e. The fourth-order valence-corrected chi connectivity index (χ4v) is 2.04. The maximum atomic E-state index is 4.19. The zero-order valence-corrected chi connectivity index (χ0v) is 11.0. The number of nitrogens with one attached hydrogen (secondary N) is 1. The van der Waals surface area contributed by atoms with Gasteiger partial charge < -0.3 is 5.32 Å². The van der Waals surface area contributed by atoms with Gasteiger partial charge in [-0.05, 0) is 25.0 Å². The molecule has 0 aliphatic rings. The zero-order chi connectivity index (χ0) is 12.8. The van der Waals surface area contributed by atoms with Gasteiger partial charge in [0, 0.05) is 12.6 Å². The first kappa shape index (κ1) is 12.8. The molecule has 0 radical (unpaired) electrons. The van der Waals surface area contributed by atoms with Gasteiger partial charge >= 0.3 is 0 Å². The maximum absolute atomic E-state index is 4.19. The van der Waals surface area contributed by atoms with Gasteiger partial charge in [-0.2, -0.15) is 5.10 Å². The minimum absolute atomic E-state index is 0.541. The van der Waals surface area contributed by atoms with E-state index in [-0.39, 0.29) is 0 Å². The summed E-state index contributed by atoms with van der Waals surface area (Å²) in [5.41, 5.74) is 2.33. The Kier molecular flexibility index (Phi) is 4.47. The standard InChI is InChI=1S/C14H20N4/c1-3-6-12(2)16-9-13-7-4-5-8-14(13)18-11-15-10-17-18/h4-5,7-8,10-12,16H,3,6,9H2,1-2H3. The van der Waals surface area contributed by atoms with Crippen LogP contribution in [0.2, 0.25) is 0 Å². The third-order valence-corrected chi connectivity index (χ3v) is 3.02. The quantitative estimate of drug-likeness (QED) is 0.849. The molecule has 1 heterocycles. The van der Waals surface area contributed by atoms with Crippen LogP contribution in [0.3, 0.4) is 0 Å². The molecule has 1 unspecified atom stereocenters. The van der Waals surface area contributed by atoms with Gasteiger partial charge in [-0.3, -0.25) is 0 Å². The van der Waals surface area contributed by atoms with E-state index in [1.54, 1.807) is 12.7 Å². The van der Waals surface area contributed by atoms with E-state index >= 15 is 0 Å². The van der Waals surface area contributed by atoms with E-state index in [0.717, 1.165) is 12.2 Å². The predicted molar refractivity (Wildman–Crippen MR) is 72.6 cm³/mol. The van der Waals surface area contributed by atoms with Gasteiger partial charge in [0.25, 0.3) is 0 Å². The van der Waals surface area contributed by atoms with Crippen molar-refractivity contribution >= 4 is 0 Å². The second-order valence-electron chi connectivity index (χ2n) is 4.54. The van der Waals surface area contributed by atoms with Gasteiger partial charge in [-0.1, -0.05) is 31.5 Å². The van der Waals surface area contributed by atoms with Crippen molar-refractivity contribution in [2.45, 2.75) is 39.3 Å². The Morgan fingerprint density at radius 1 is 1.33 bits per heavy atom. The van der Waals surface area contributed by atoms with Gasteiger partial charge in [0.2, 0.25) is 0 Å². The first-order valence-corrected chi connectivity index (χ1v) is 6.47. The van der Waals surface area contributed by atoms with Crippen molar-refractivity contribution in [2.75, 3.05) is 0 Å². The highest BCUT2D eigenvalue weighted by molar-refractivity contribution is 5.39. The Bertz CT molecular complexity index is 464. The van der Waals surface area contributed by atoms with Crippen LogP contribution in [0.15, 0.2) is 36.9 Å². The molecule has 4 nitrogen and oxygen atoms in total. The van der Waals surface area contributed by atoms with Crippen molar-refractivity contribution in [1.82, 2.24) is 20.1 Å². The second kappa shape index (κ2) is 6.31. The maximum Gasteiger partial charge on any atom is 0.138 e. The molecule has 1 atom stereocenters. The lowest BCUT2D eigenvalue weighted by atomic mass is 10.1. The monoisotopic (exact) mass is 244 g/mol. The molecule has 0 aliphatic carbocycles. The second-order valence-corrected chi connectivity index (χ2v) is 4.54. The fourth-order valence-electron chi connectivity index (χ4n) is 2.04. The van der Waals surface area contributed by atoms with Crippen molar-refractivity contribution in [1.29, 1.82) is 0 Å². The SMILES string of the molecule is CCCC(C)NCc1ccccc1-n1cncn1. The lowest BCUT2D eigenvalue weighted by molar-refractivity contribution is 0.507. The van der Waals surface area contributed by atoms with Crippen LogP contribution in [0, 0.1) is 0 Å². The molecule has 0 bridgehead atoms. The van der Waals surface area contributed by atoms with Gasteiger partial charge in [0.1, 0.15) is 12.7 Å². The molecule has 96 valence electrons. The van der Waals surface area contributed by atoms with E-state index in [2.05, 4.69) is 47.4 Å². The highest BCUT2D eigenvalue weighted by atomic mass is 15.3. The molecule has 2 rings (SSSR count). The summed E-state index contributed by atoms with van der Waals surface area (Å²) in [7, 11) is 0. The Hall–Kier alpha value is -1.68. The molecule has 0 saturated carbocycles. The summed E-state index contributed by atoms with van der Waals surface area (Å²) in [4.78, 5) is 4.00. The first-order valence-electron chi connectivity index (χ1n) is 6.47. The molecule has 18 heavy (non-hydrogen) atoms. The molecular formula is C14H20N4. The first-order chi connectivity index (χ1) is 8.81. The van der Waals surface area contributed by atoms with E-state index in [1.807, 2.05) is 10.7 Å². The number of hydrogen-bond acceptors (Lipinski definition) is 3. The van der Waals surface area contributed by atoms with Gasteiger partial charge in [0.05, 0.1) is 5.69 Å². The van der Waals surface area contributed by atoms with E-state index < -0.39 is 0 Å². The van der Waals surface area contributed by atoms with Crippen molar-refractivity contribution in [2.24, 2.45) is 0 Å². The number of aromatic nitrogens is 3. The minimum atomic E-state index is 0.541. The summed E-state index contributed by atoms with van der Waals surface area (Å²) in [6.07, 6.45) is 5.70. The summed E-state index contributed by atoms with van der Waals surface area (Å²) < 4.78 is 1.81. The third-order valence-electron chi connectivity index (χ3n) is 3.02. The Morgan fingerprint density at radius 2 is 2.17 bits per heavy atom. The van der Waals surface area contributed by atoms with Crippen LogP contribution in [-0.2, 0) is 6.54 Å². The molecule has 0 amide bonds. The molecular weight excluding hydrogens is 224 g/mol. The Morgan fingerprint density at radius 3 is 2.89 bits per heavy atom. The highest BCUT2D eigenvalue weighted by Gasteiger charge is 2.06. The van der Waals surface area contributed by atoms with Gasteiger partial charge in [0.15, 0.2) is 0 Å². The molecule has 2 aromatic rings. The summed E-state index contributed by atoms with van der Waals surface area (Å²) in [5, 5.41) is 7.73. The van der Waals surface area contributed by atoms with Crippen LogP contribution in [-0.4, -0.2) is 20.8 Å². The van der Waals surface area contributed by atoms with E-state index in [0.29, 0.717) is 6.04 Å². The molecule has 1 N–H and O–H groups in total. The summed E-state index contributed by atoms with van der Waals surface area (Å²) in [6.45, 7) is 5.29. The molecule has 0 aliphatic heterocycles. The van der Waals surface area contributed by atoms with Crippen molar-refractivity contribution in [3.63, 3.8) is 0 Å². The van der Waals surface area contributed by atoms with Crippen LogP contribution < -0.4 is 5.32 Å². The van der Waals surface area contributed by atoms with E-state index in [9.17, 15) is 0 Å². The molecule has 1 aromatic carbocycles. The Labute approximate surface area is 108 Å².